The highest BCUT2D eigenvalue weighted by molar-refractivity contribution is 5.81. The fourth-order valence-electron chi connectivity index (χ4n) is 11.9. The van der Waals surface area contributed by atoms with Crippen molar-refractivity contribution in [3.8, 4) is 0 Å². The Kier molecular flexibility index (Phi) is 30.9. The fraction of sp³-hybridized carbons (Fsp3) is 0.944. The summed E-state index contributed by atoms with van der Waals surface area (Å²) >= 11 is 0. The zero-order valence-electron chi connectivity index (χ0n) is 50.3. The molecular weight excluding hydrogens is 1200 g/mol. The van der Waals surface area contributed by atoms with Crippen LogP contribution in [-0.2, 0) is 52.2 Å². The van der Waals surface area contributed by atoms with E-state index in [4.69, 9.17) is 87.5 Å². The highest BCUT2D eigenvalue weighted by Gasteiger charge is 2.54. The summed E-state index contributed by atoms with van der Waals surface area (Å²) < 4.78 is 56.8. The average molecular weight is 1310 g/mol. The van der Waals surface area contributed by atoms with Gasteiger partial charge in [0.25, 0.3) is 0 Å². The highest BCUT2D eigenvalue weighted by Crippen LogP contribution is 2.34. The predicted octanol–water partition coefficient (Wildman–Crippen LogP) is -10.3. The Bertz CT molecular complexity index is 2130. The van der Waals surface area contributed by atoms with E-state index in [-0.39, 0.29) is 58.5 Å². The number of nitrogens with two attached hydrogens (primary N) is 7. The molecule has 524 valence electrons. The maximum Gasteiger partial charge on any atom is 0.407 e. The van der Waals surface area contributed by atoms with Crippen molar-refractivity contribution in [2.75, 3.05) is 46.1 Å². The van der Waals surface area contributed by atoms with Crippen LogP contribution in [0.5, 0.6) is 0 Å². The Morgan fingerprint density at radius 3 is 1.38 bits per heavy atom. The summed E-state index contributed by atoms with van der Waals surface area (Å²) in [5, 5.41) is 145. The van der Waals surface area contributed by atoms with Gasteiger partial charge < -0.3 is 170 Å². The lowest BCUT2D eigenvalue weighted by Crippen LogP contribution is -2.69. The second-order valence-corrected chi connectivity index (χ2v) is 24.2. The number of carbonyl (C=O) groups is 3. The van der Waals surface area contributed by atoms with Crippen LogP contribution in [0.2, 0.25) is 0 Å². The lowest BCUT2D eigenvalue weighted by molar-refractivity contribution is -0.332. The molecule has 6 aliphatic rings. The minimum Gasteiger partial charge on any atom is -0.450 e. The van der Waals surface area contributed by atoms with Crippen LogP contribution < -0.4 is 56.1 Å². The minimum atomic E-state index is -1.83. The van der Waals surface area contributed by atoms with Gasteiger partial charge in [0.05, 0.1) is 56.7 Å². The number of hydrogen-bond donors (Lipinski definition) is 23. The Morgan fingerprint density at radius 2 is 0.878 bits per heavy atom. The number of unbranched alkanes of at least 4 members (excludes halogenated alkanes) is 9. The molecule has 30 N–H and O–H groups in total. The molecule has 4 heterocycles. The third-order valence-electron chi connectivity index (χ3n) is 17.4. The molecule has 6 fully saturated rings. The monoisotopic (exact) mass is 1310 g/mol. The van der Waals surface area contributed by atoms with Crippen molar-refractivity contribution >= 4 is 18.1 Å². The lowest BCUT2D eigenvalue weighted by atomic mass is 9.83. The number of carbonyl (C=O) groups excluding carboxylic acids is 3. The van der Waals surface area contributed by atoms with Gasteiger partial charge in [-0.1, -0.05) is 51.4 Å². The van der Waals surface area contributed by atoms with Gasteiger partial charge in [-0.25, -0.2) is 9.59 Å². The number of aliphatic hydroxyl groups is 13. The van der Waals surface area contributed by atoms with Crippen LogP contribution in [0.4, 0.5) is 9.59 Å². The first-order chi connectivity index (χ1) is 42.8. The van der Waals surface area contributed by atoms with E-state index in [1.54, 1.807) is 0 Å². The van der Waals surface area contributed by atoms with E-state index in [0.29, 0.717) is 12.8 Å². The van der Waals surface area contributed by atoms with E-state index in [1.165, 1.54) is 0 Å². The second kappa shape index (κ2) is 36.7. The Morgan fingerprint density at radius 1 is 0.456 bits per heavy atom. The molecule has 2 aliphatic carbocycles. The van der Waals surface area contributed by atoms with Gasteiger partial charge in [0.15, 0.2) is 25.2 Å². The normalized spacial score (nSPS) is 42.0. The fourth-order valence-corrected chi connectivity index (χ4v) is 11.9. The number of nitrogens with one attached hydrogen (secondary N) is 3. The van der Waals surface area contributed by atoms with Crippen molar-refractivity contribution < 1.29 is 128 Å². The van der Waals surface area contributed by atoms with Crippen molar-refractivity contribution in [1.82, 2.24) is 16.0 Å². The molecule has 4 aliphatic heterocycles. The average Bonchev–Trinajstić information content (AvgIpc) is 0.909. The third-order valence-corrected chi connectivity index (χ3v) is 17.4. The zero-order valence-corrected chi connectivity index (χ0v) is 50.3. The third kappa shape index (κ3) is 20.5. The first-order valence-electron chi connectivity index (χ1n) is 31.1. The lowest BCUT2D eigenvalue weighted by Gasteiger charge is -2.49. The maximum atomic E-state index is 13.3. The molecule has 3 amide bonds. The van der Waals surface area contributed by atoms with Crippen molar-refractivity contribution in [3.63, 3.8) is 0 Å². The van der Waals surface area contributed by atoms with Crippen LogP contribution >= 0.6 is 0 Å². The van der Waals surface area contributed by atoms with Gasteiger partial charge in [0.2, 0.25) is 5.91 Å². The van der Waals surface area contributed by atoms with E-state index in [9.17, 15) is 80.8 Å². The smallest absolute Gasteiger partial charge is 0.407 e. The Balaban J connectivity index is 0.795. The van der Waals surface area contributed by atoms with Gasteiger partial charge in [-0.2, -0.15) is 0 Å². The van der Waals surface area contributed by atoms with Gasteiger partial charge in [0.1, 0.15) is 110 Å². The quantitative estimate of drug-likeness (QED) is 0.0287. The van der Waals surface area contributed by atoms with Gasteiger partial charge in [0, 0.05) is 37.8 Å². The standard InChI is InChI=1S/C54H102N10O26/c55-18-29-37(71)40(74)41(75)52(83-29)89-46-24(58)16-26(47(43(46)77)90-51-39(73)34(61)36(70)32(21-66)86-51)64-48(78)27(67)11-12-62-53(79)81-13-9-7-5-3-1-2-4-6-8-10-14-82-54(80)63-19-30-28(68)17-25(59)49(84-30)87-44-22(56)15-23(57)45(42(44)76)88-50-38(72)33(60)35(69)31(20-65)85-50/h22-47,49-52,65-77H,1-21,55-61H2,(H,62,79)(H,63,80)(H,64,78)/t22?,23?,24?,25?,26?,27-,28?,29?,30?,31?,32?,33?,34?,35?,36?,37?,38?,39?,40?,41?,42?,43?,44?,45?,46?,47?,49?,50?,51?,52?/m0/s1. The summed E-state index contributed by atoms with van der Waals surface area (Å²) in [6.07, 6.45) is -26.6. The van der Waals surface area contributed by atoms with Crippen LogP contribution in [0.25, 0.3) is 0 Å². The molecule has 0 radical (unpaired) electrons. The number of aliphatic hydroxyl groups excluding tert-OH is 13. The molecule has 2 saturated carbocycles. The van der Waals surface area contributed by atoms with Crippen LogP contribution in [-0.4, -0.2) is 314 Å². The zero-order chi connectivity index (χ0) is 66.1. The highest BCUT2D eigenvalue weighted by atomic mass is 16.7. The van der Waals surface area contributed by atoms with Crippen LogP contribution in [0.1, 0.15) is 89.9 Å². The summed E-state index contributed by atoms with van der Waals surface area (Å²) in [7, 11) is 0. The first kappa shape index (κ1) is 75.9. The number of ether oxygens (including phenoxy) is 10. The molecule has 0 spiro atoms. The molecule has 6 rings (SSSR count). The topological polar surface area (TPSA) is 625 Å². The summed E-state index contributed by atoms with van der Waals surface area (Å²) in [6.45, 7) is -1.66. The van der Waals surface area contributed by atoms with E-state index in [1.807, 2.05) is 0 Å². The van der Waals surface area contributed by atoms with Crippen molar-refractivity contribution in [2.45, 2.75) is 273 Å². The second-order valence-electron chi connectivity index (χ2n) is 24.2. The maximum absolute atomic E-state index is 13.3. The number of rotatable bonds is 31. The molecule has 4 saturated heterocycles. The molecule has 0 aromatic carbocycles. The van der Waals surface area contributed by atoms with Crippen molar-refractivity contribution in [3.05, 3.63) is 0 Å². The summed E-state index contributed by atoms with van der Waals surface area (Å²) in [5.41, 5.74) is 42.8. The Labute approximate surface area is 520 Å². The van der Waals surface area contributed by atoms with Crippen LogP contribution in [0.3, 0.4) is 0 Å². The predicted molar refractivity (Wildman–Crippen MR) is 307 cm³/mol. The van der Waals surface area contributed by atoms with Crippen molar-refractivity contribution in [2.24, 2.45) is 40.1 Å². The van der Waals surface area contributed by atoms with Gasteiger partial charge in [-0.15, -0.1) is 0 Å². The summed E-state index contributed by atoms with van der Waals surface area (Å²) in [6, 6.07) is -7.54. The van der Waals surface area contributed by atoms with Gasteiger partial charge >= 0.3 is 12.2 Å². The molecule has 29 unspecified atom stereocenters. The van der Waals surface area contributed by atoms with Crippen molar-refractivity contribution in [1.29, 1.82) is 0 Å². The minimum absolute atomic E-state index is 0.0187. The van der Waals surface area contributed by atoms with E-state index in [2.05, 4.69) is 16.0 Å². The first-order valence-corrected chi connectivity index (χ1v) is 31.1. The summed E-state index contributed by atoms with van der Waals surface area (Å²) in [5.74, 6) is -0.969. The SMILES string of the molecule is NCC1OC(OC2C(N)CC(NC(=O)[C@@H](O)CCNC(=O)OCCCCCCCCCCCCOC(=O)NCC3OC(OC4C(N)CC(N)C(OC5OC(CO)C(O)C(N)C5O)C4O)C(N)CC3O)C(OC3OC(CO)C(O)C(N)C3O)C2O)C(O)C(O)C1O. The van der Waals surface area contributed by atoms with E-state index >= 15 is 0 Å². The van der Waals surface area contributed by atoms with Crippen LogP contribution in [0, 0.1) is 0 Å². The molecule has 36 heteroatoms. The largest absolute Gasteiger partial charge is 0.450 e. The molecule has 90 heavy (non-hydrogen) atoms. The molecule has 0 aromatic heterocycles. The molecular formula is C54H102N10O26. The Hall–Kier alpha value is -3.11. The number of hydrogen-bond acceptors (Lipinski definition) is 33. The van der Waals surface area contributed by atoms with E-state index < -0.39 is 215 Å². The van der Waals surface area contributed by atoms with E-state index in [0.717, 1.165) is 51.4 Å². The van der Waals surface area contributed by atoms with Gasteiger partial charge in [-0.05, 0) is 38.5 Å². The molecule has 36 nitrogen and oxygen atoms in total. The molecule has 0 aromatic rings. The molecule has 30 atom stereocenters. The molecule has 0 bridgehead atoms. The number of amides is 3. The number of alkyl carbamates (subject to hydrolysis) is 2. The van der Waals surface area contributed by atoms with Gasteiger partial charge in [-0.3, -0.25) is 4.79 Å². The summed E-state index contributed by atoms with van der Waals surface area (Å²) in [4.78, 5) is 38.3. The van der Waals surface area contributed by atoms with Crippen LogP contribution in [0.15, 0.2) is 0 Å².